The zero-order valence-corrected chi connectivity index (χ0v) is 17.1. The Morgan fingerprint density at radius 1 is 1.00 bits per heavy atom. The molecule has 2 aliphatic rings. The average Bonchev–Trinajstić information content (AvgIpc) is 2.72. The summed E-state index contributed by atoms with van der Waals surface area (Å²) < 4.78 is 34.5. The Labute approximate surface area is 167 Å². The fourth-order valence-corrected chi connectivity index (χ4v) is 5.80. The summed E-state index contributed by atoms with van der Waals surface area (Å²) in [7, 11) is 1.43. The van der Waals surface area contributed by atoms with E-state index in [1.165, 1.54) is 58.1 Å². The predicted octanol–water partition coefficient (Wildman–Crippen LogP) is 7.62. The Hall–Kier alpha value is -1.64. The van der Waals surface area contributed by atoms with E-state index >= 15 is 4.39 Å². The molecule has 4 unspecified atom stereocenters. The Kier molecular flexibility index (Phi) is 5.89. The van der Waals surface area contributed by atoms with E-state index < -0.39 is 5.82 Å². The number of unbranched alkanes of at least 4 members (excludes halogenated alkanes) is 1. The highest BCUT2D eigenvalue weighted by Crippen LogP contribution is 2.49. The lowest BCUT2D eigenvalue weighted by Crippen LogP contribution is -2.30. The summed E-state index contributed by atoms with van der Waals surface area (Å²) in [4.78, 5) is 0. The number of methoxy groups -OCH3 is 1. The minimum Gasteiger partial charge on any atom is -0.494 e. The fourth-order valence-electron chi connectivity index (χ4n) is 5.80. The quantitative estimate of drug-likeness (QED) is 0.513. The van der Waals surface area contributed by atoms with Crippen LogP contribution in [0.25, 0.3) is 10.8 Å². The first kappa shape index (κ1) is 19.7. The molecule has 152 valence electrons. The molecule has 3 heteroatoms. The van der Waals surface area contributed by atoms with Crippen LogP contribution in [0.5, 0.6) is 5.75 Å². The number of rotatable bonds is 5. The predicted molar refractivity (Wildman–Crippen MR) is 111 cm³/mol. The molecule has 4 rings (SSSR count). The molecule has 0 spiro atoms. The van der Waals surface area contributed by atoms with E-state index in [1.54, 1.807) is 6.07 Å². The lowest BCUT2D eigenvalue weighted by atomic mass is 9.63. The highest BCUT2D eigenvalue weighted by molar-refractivity contribution is 5.85. The first-order valence-corrected chi connectivity index (χ1v) is 11.1. The van der Waals surface area contributed by atoms with Gasteiger partial charge in [-0.25, -0.2) is 8.78 Å². The van der Waals surface area contributed by atoms with E-state index in [-0.39, 0.29) is 17.5 Å². The van der Waals surface area contributed by atoms with Crippen molar-refractivity contribution in [3.63, 3.8) is 0 Å². The van der Waals surface area contributed by atoms with Gasteiger partial charge in [0.25, 0.3) is 0 Å². The standard InChI is InChI=1S/C25H32F2O/c1-3-4-5-16-6-7-18-13-19(9-8-17(18)12-16)21-11-10-20-14-24(28-2)23(26)15-22(20)25(21)27/h10-11,14-19H,3-9,12-13H2,1-2H3. The van der Waals surface area contributed by atoms with Crippen LogP contribution in [0.3, 0.4) is 0 Å². The molecular formula is C25H32F2O. The van der Waals surface area contributed by atoms with Gasteiger partial charge in [0, 0.05) is 5.39 Å². The maximum Gasteiger partial charge on any atom is 0.165 e. The van der Waals surface area contributed by atoms with Crippen molar-refractivity contribution in [2.45, 2.75) is 70.6 Å². The smallest absolute Gasteiger partial charge is 0.165 e. The molecule has 0 radical (unpaired) electrons. The lowest BCUT2D eigenvalue weighted by Gasteiger charge is -2.42. The first-order chi connectivity index (χ1) is 13.6. The van der Waals surface area contributed by atoms with Gasteiger partial charge < -0.3 is 4.74 Å². The normalized spacial score (nSPS) is 27.6. The molecule has 0 aliphatic heterocycles. The molecule has 0 amide bonds. The van der Waals surface area contributed by atoms with Crippen molar-refractivity contribution < 1.29 is 13.5 Å². The van der Waals surface area contributed by atoms with Crippen LogP contribution in [0.2, 0.25) is 0 Å². The Balaban J connectivity index is 1.51. The molecule has 0 heterocycles. The summed E-state index contributed by atoms with van der Waals surface area (Å²) >= 11 is 0. The van der Waals surface area contributed by atoms with Crippen molar-refractivity contribution >= 4 is 10.8 Å². The summed E-state index contributed by atoms with van der Waals surface area (Å²) in [5.74, 6) is 2.17. The van der Waals surface area contributed by atoms with E-state index in [9.17, 15) is 4.39 Å². The Morgan fingerprint density at radius 2 is 1.79 bits per heavy atom. The topological polar surface area (TPSA) is 9.23 Å². The van der Waals surface area contributed by atoms with E-state index in [1.807, 2.05) is 12.1 Å². The Bertz CT molecular complexity index is 831. The van der Waals surface area contributed by atoms with Crippen LogP contribution in [0.1, 0.15) is 76.2 Å². The number of ether oxygens (including phenoxy) is 1. The number of halogens is 2. The monoisotopic (exact) mass is 386 g/mol. The van der Waals surface area contributed by atoms with Gasteiger partial charge in [0.2, 0.25) is 0 Å². The van der Waals surface area contributed by atoms with E-state index in [0.29, 0.717) is 10.8 Å². The lowest BCUT2D eigenvalue weighted by molar-refractivity contribution is 0.113. The van der Waals surface area contributed by atoms with Crippen molar-refractivity contribution in [1.82, 2.24) is 0 Å². The van der Waals surface area contributed by atoms with E-state index in [2.05, 4.69) is 6.92 Å². The second-order valence-electron chi connectivity index (χ2n) is 9.03. The molecule has 1 nitrogen and oxygen atoms in total. The van der Waals surface area contributed by atoms with Crippen LogP contribution in [-0.2, 0) is 0 Å². The molecule has 4 atom stereocenters. The minimum absolute atomic E-state index is 0.167. The van der Waals surface area contributed by atoms with Crippen LogP contribution in [0, 0.1) is 29.4 Å². The van der Waals surface area contributed by atoms with E-state index in [4.69, 9.17) is 4.74 Å². The summed E-state index contributed by atoms with van der Waals surface area (Å²) in [5.41, 5.74) is 0.781. The SMILES string of the molecule is CCCCC1CCC2CC(c3ccc4cc(OC)c(F)cc4c3F)CCC2C1. The average molecular weight is 387 g/mol. The van der Waals surface area contributed by atoms with Gasteiger partial charge in [0.05, 0.1) is 7.11 Å². The number of benzene rings is 2. The fraction of sp³-hybridized carbons (Fsp3) is 0.600. The molecule has 2 saturated carbocycles. The van der Waals surface area contributed by atoms with Gasteiger partial charge in [-0.05, 0) is 78.9 Å². The third kappa shape index (κ3) is 3.77. The van der Waals surface area contributed by atoms with Gasteiger partial charge in [0.15, 0.2) is 11.6 Å². The molecule has 2 aromatic carbocycles. The summed E-state index contributed by atoms with van der Waals surface area (Å²) in [6.45, 7) is 2.27. The summed E-state index contributed by atoms with van der Waals surface area (Å²) in [6.07, 6.45) is 11.4. The molecule has 2 fully saturated rings. The van der Waals surface area contributed by atoms with Crippen molar-refractivity contribution in [3.05, 3.63) is 41.5 Å². The molecular weight excluding hydrogens is 354 g/mol. The summed E-state index contributed by atoms with van der Waals surface area (Å²) in [5, 5.41) is 1.07. The van der Waals surface area contributed by atoms with Gasteiger partial charge in [-0.3, -0.25) is 0 Å². The maximum atomic E-state index is 15.3. The van der Waals surface area contributed by atoms with Crippen LogP contribution in [0.15, 0.2) is 24.3 Å². The molecule has 0 aromatic heterocycles. The van der Waals surface area contributed by atoms with Gasteiger partial charge in [0.1, 0.15) is 5.82 Å². The second-order valence-corrected chi connectivity index (χ2v) is 9.03. The van der Waals surface area contributed by atoms with Gasteiger partial charge in [-0.2, -0.15) is 0 Å². The maximum absolute atomic E-state index is 15.3. The molecule has 0 saturated heterocycles. The molecule has 0 bridgehead atoms. The van der Waals surface area contributed by atoms with Crippen LogP contribution in [0.4, 0.5) is 8.78 Å². The first-order valence-electron chi connectivity index (χ1n) is 11.1. The number of hydrogen-bond acceptors (Lipinski definition) is 1. The number of fused-ring (bicyclic) bond motifs is 2. The number of hydrogen-bond donors (Lipinski definition) is 0. The zero-order chi connectivity index (χ0) is 19.7. The Morgan fingerprint density at radius 3 is 2.57 bits per heavy atom. The summed E-state index contributed by atoms with van der Waals surface area (Å²) in [6, 6.07) is 6.72. The third-order valence-electron chi connectivity index (χ3n) is 7.38. The van der Waals surface area contributed by atoms with Gasteiger partial charge >= 0.3 is 0 Å². The highest BCUT2D eigenvalue weighted by Gasteiger charge is 2.36. The highest BCUT2D eigenvalue weighted by atomic mass is 19.1. The largest absolute Gasteiger partial charge is 0.494 e. The van der Waals surface area contributed by atoms with Crippen molar-refractivity contribution in [1.29, 1.82) is 0 Å². The van der Waals surface area contributed by atoms with Crippen molar-refractivity contribution in [2.75, 3.05) is 7.11 Å². The third-order valence-corrected chi connectivity index (χ3v) is 7.38. The van der Waals surface area contributed by atoms with Crippen molar-refractivity contribution in [3.8, 4) is 5.75 Å². The second kappa shape index (κ2) is 8.39. The van der Waals surface area contributed by atoms with Crippen LogP contribution < -0.4 is 4.74 Å². The molecule has 2 aromatic rings. The van der Waals surface area contributed by atoms with Crippen molar-refractivity contribution in [2.24, 2.45) is 17.8 Å². The molecule has 0 N–H and O–H groups in total. The van der Waals surface area contributed by atoms with Gasteiger partial charge in [-0.1, -0.05) is 44.7 Å². The van der Waals surface area contributed by atoms with Crippen LogP contribution >= 0.6 is 0 Å². The van der Waals surface area contributed by atoms with E-state index in [0.717, 1.165) is 36.2 Å². The molecule has 2 aliphatic carbocycles. The molecule has 28 heavy (non-hydrogen) atoms. The zero-order valence-electron chi connectivity index (χ0n) is 17.1. The van der Waals surface area contributed by atoms with Gasteiger partial charge in [-0.15, -0.1) is 0 Å². The van der Waals surface area contributed by atoms with Crippen LogP contribution in [-0.4, -0.2) is 7.11 Å². The minimum atomic E-state index is -0.500.